The van der Waals surface area contributed by atoms with Crippen LogP contribution in [0.15, 0.2) is 48.5 Å². The molecule has 0 aliphatic heterocycles. The number of nitrogens with two attached hydrogens (primary N) is 1. The number of benzene rings is 3. The zero-order valence-corrected chi connectivity index (χ0v) is 21.6. The van der Waals surface area contributed by atoms with Crippen LogP contribution in [0.3, 0.4) is 0 Å². The Hall–Kier alpha value is -4.08. The van der Waals surface area contributed by atoms with Gasteiger partial charge < -0.3 is 30.7 Å². The Labute approximate surface area is 224 Å². The van der Waals surface area contributed by atoms with E-state index in [1.54, 1.807) is 29.7 Å². The topological polar surface area (TPSA) is 122 Å². The molecule has 1 aliphatic carbocycles. The number of nitrogen functional groups attached to an aromatic ring is 1. The van der Waals surface area contributed by atoms with Gasteiger partial charge in [0.2, 0.25) is 0 Å². The number of halogens is 2. The Morgan fingerprint density at radius 1 is 1.18 bits per heavy atom. The summed E-state index contributed by atoms with van der Waals surface area (Å²) in [5.74, 6) is -2.32. The summed E-state index contributed by atoms with van der Waals surface area (Å²) >= 11 is 0. The first-order chi connectivity index (χ1) is 18.6. The molecule has 0 amide bonds. The van der Waals surface area contributed by atoms with Crippen LogP contribution in [0.2, 0.25) is 0 Å². The summed E-state index contributed by atoms with van der Waals surface area (Å²) in [7, 11) is 1.52. The van der Waals surface area contributed by atoms with Crippen LogP contribution in [0.25, 0.3) is 27.7 Å². The Morgan fingerprint density at radius 2 is 1.90 bits per heavy atom. The lowest BCUT2D eigenvalue weighted by molar-refractivity contribution is -0.125. The third-order valence-electron chi connectivity index (χ3n) is 7.75. The molecule has 2 unspecified atom stereocenters. The highest BCUT2D eigenvalue weighted by Crippen LogP contribution is 2.49. The van der Waals surface area contributed by atoms with E-state index >= 15 is 4.39 Å². The predicted octanol–water partition coefficient (Wildman–Crippen LogP) is 5.94. The number of aromatic nitrogens is 1. The second-order valence-electron chi connectivity index (χ2n) is 10.00. The molecule has 7 nitrogen and oxygen atoms in total. The maximum absolute atomic E-state index is 16.2. The molecule has 0 spiro atoms. The van der Waals surface area contributed by atoms with Crippen molar-refractivity contribution in [1.82, 2.24) is 4.57 Å². The van der Waals surface area contributed by atoms with E-state index in [0.29, 0.717) is 52.9 Å². The fourth-order valence-corrected chi connectivity index (χ4v) is 5.87. The molecule has 9 heteroatoms. The van der Waals surface area contributed by atoms with Crippen LogP contribution in [0.4, 0.5) is 14.5 Å². The number of ether oxygens (including phenoxy) is 1. The summed E-state index contributed by atoms with van der Waals surface area (Å²) in [5, 5.41) is 29.9. The minimum atomic E-state index is -1.58. The van der Waals surface area contributed by atoms with Crippen molar-refractivity contribution in [2.45, 2.75) is 44.3 Å². The molecule has 1 aromatic heterocycles. The monoisotopic (exact) mass is 533 g/mol. The summed E-state index contributed by atoms with van der Waals surface area (Å²) in [4.78, 5) is 11.7. The van der Waals surface area contributed by atoms with Gasteiger partial charge in [-0.3, -0.25) is 0 Å². The average Bonchev–Trinajstić information content (AvgIpc) is 3.27. The number of methoxy groups -OCH3 is 1. The number of nitrogens with one attached hydrogen (secondary N) is 1. The maximum atomic E-state index is 16.2. The molecule has 0 bridgehead atoms. The van der Waals surface area contributed by atoms with Crippen molar-refractivity contribution in [3.05, 3.63) is 82.5 Å². The Bertz CT molecular complexity index is 1610. The molecule has 0 saturated heterocycles. The van der Waals surface area contributed by atoms with Crippen LogP contribution in [-0.2, 0) is 10.3 Å². The molecular formula is C30H29F2N3O4. The highest BCUT2D eigenvalue weighted by Gasteiger charge is 2.46. The van der Waals surface area contributed by atoms with E-state index in [1.807, 2.05) is 0 Å². The molecule has 5 rings (SSSR count). The summed E-state index contributed by atoms with van der Waals surface area (Å²) in [6.07, 6.45) is 2.72. The molecular weight excluding hydrogens is 504 g/mol. The van der Waals surface area contributed by atoms with E-state index in [1.165, 1.54) is 37.4 Å². The van der Waals surface area contributed by atoms with E-state index in [2.05, 4.69) is 0 Å². The number of rotatable bonds is 6. The van der Waals surface area contributed by atoms with Crippen LogP contribution >= 0.6 is 0 Å². The van der Waals surface area contributed by atoms with Gasteiger partial charge in [0.1, 0.15) is 11.4 Å². The zero-order valence-electron chi connectivity index (χ0n) is 21.6. The van der Waals surface area contributed by atoms with E-state index in [-0.39, 0.29) is 22.2 Å². The maximum Gasteiger partial charge on any atom is 0.335 e. The lowest BCUT2D eigenvalue weighted by Crippen LogP contribution is -2.45. The van der Waals surface area contributed by atoms with Crippen molar-refractivity contribution in [1.29, 1.82) is 5.41 Å². The molecule has 1 aliphatic rings. The molecule has 0 radical (unpaired) electrons. The van der Waals surface area contributed by atoms with Crippen molar-refractivity contribution >= 4 is 28.8 Å². The summed E-state index contributed by atoms with van der Waals surface area (Å²) < 4.78 is 37.7. The number of aliphatic hydroxyl groups is 1. The predicted molar refractivity (Wildman–Crippen MR) is 146 cm³/mol. The van der Waals surface area contributed by atoms with Crippen molar-refractivity contribution in [2.75, 3.05) is 12.8 Å². The van der Waals surface area contributed by atoms with Crippen LogP contribution in [0.5, 0.6) is 0 Å². The standard InChI is InChI=1S/C30H29F2N3O4/c1-16-13-17(6-11-21(16)29(36)37)24-25-22(14-18(15-33)27(34)26(25)32)35(20-9-7-19(31)8-10-20)28(24)30(38)12-4-3-5-23(30)39-2/h6-11,13-15,23,33,38H,3-5,12,34H2,1-2H3,(H,36,37). The van der Waals surface area contributed by atoms with Gasteiger partial charge in [-0.25, -0.2) is 13.6 Å². The van der Waals surface area contributed by atoms with Gasteiger partial charge in [-0.05, 0) is 73.7 Å². The van der Waals surface area contributed by atoms with E-state index in [9.17, 15) is 19.4 Å². The van der Waals surface area contributed by atoms with Gasteiger partial charge in [0.25, 0.3) is 0 Å². The van der Waals surface area contributed by atoms with E-state index < -0.39 is 29.3 Å². The number of aromatic carboxylic acids is 1. The quantitative estimate of drug-likeness (QED) is 0.181. The normalized spacial score (nSPS) is 19.4. The van der Waals surface area contributed by atoms with Gasteiger partial charge in [-0.2, -0.15) is 0 Å². The molecule has 1 heterocycles. The number of nitrogens with zero attached hydrogens (tertiary/aromatic N) is 1. The van der Waals surface area contributed by atoms with E-state index in [4.69, 9.17) is 15.9 Å². The van der Waals surface area contributed by atoms with Gasteiger partial charge in [0.15, 0.2) is 5.82 Å². The third kappa shape index (κ3) is 4.18. The van der Waals surface area contributed by atoms with Crippen LogP contribution in [0.1, 0.15) is 52.9 Å². The van der Waals surface area contributed by atoms with Crippen LogP contribution < -0.4 is 5.73 Å². The molecule has 1 fully saturated rings. The molecule has 2 atom stereocenters. The number of carboxylic acid groups (broad SMARTS) is 1. The molecule has 202 valence electrons. The first-order valence-electron chi connectivity index (χ1n) is 12.6. The van der Waals surface area contributed by atoms with Gasteiger partial charge in [0, 0.05) is 35.5 Å². The summed E-state index contributed by atoms with van der Waals surface area (Å²) in [5.41, 5.74) is 6.97. The molecule has 5 N–H and O–H groups in total. The van der Waals surface area contributed by atoms with Crippen molar-refractivity contribution < 1.29 is 28.5 Å². The molecule has 3 aromatic carbocycles. The zero-order chi connectivity index (χ0) is 28.1. The fourth-order valence-electron chi connectivity index (χ4n) is 5.87. The second-order valence-corrected chi connectivity index (χ2v) is 10.00. The van der Waals surface area contributed by atoms with Gasteiger partial charge in [-0.15, -0.1) is 0 Å². The highest BCUT2D eigenvalue weighted by atomic mass is 19.1. The molecule has 4 aromatic rings. The first-order valence-corrected chi connectivity index (χ1v) is 12.6. The van der Waals surface area contributed by atoms with Gasteiger partial charge in [0.05, 0.1) is 28.6 Å². The number of aryl methyl sites for hydroxylation is 1. The summed E-state index contributed by atoms with van der Waals surface area (Å²) in [6.45, 7) is 1.65. The van der Waals surface area contributed by atoms with Crippen molar-refractivity contribution in [3.63, 3.8) is 0 Å². The number of hydrogen-bond acceptors (Lipinski definition) is 5. The van der Waals surface area contributed by atoms with Gasteiger partial charge >= 0.3 is 5.97 Å². The lowest BCUT2D eigenvalue weighted by Gasteiger charge is -2.40. The largest absolute Gasteiger partial charge is 0.478 e. The van der Waals surface area contributed by atoms with Crippen molar-refractivity contribution in [2.24, 2.45) is 0 Å². The minimum absolute atomic E-state index is 0.0970. The number of fused-ring (bicyclic) bond motifs is 1. The number of hydrogen-bond donors (Lipinski definition) is 4. The molecule has 1 saturated carbocycles. The second kappa shape index (κ2) is 9.91. The fraction of sp³-hybridized carbons (Fsp3) is 0.267. The Kier molecular flexibility index (Phi) is 6.74. The third-order valence-corrected chi connectivity index (χ3v) is 7.75. The summed E-state index contributed by atoms with van der Waals surface area (Å²) in [6, 6.07) is 11.9. The number of carboxylic acids is 1. The van der Waals surface area contributed by atoms with Crippen LogP contribution in [-0.4, -0.2) is 40.2 Å². The number of carbonyl (C=O) groups is 1. The van der Waals surface area contributed by atoms with Crippen LogP contribution in [0, 0.1) is 24.0 Å². The minimum Gasteiger partial charge on any atom is -0.478 e. The SMILES string of the molecule is COC1CCCCC1(O)c1c(-c2ccc(C(=O)O)c(C)c2)c2c(F)c(N)c(C=N)cc2n1-c1ccc(F)cc1. The number of anilines is 1. The Balaban J connectivity index is 2.01. The average molecular weight is 534 g/mol. The van der Waals surface area contributed by atoms with E-state index in [0.717, 1.165) is 12.6 Å². The van der Waals surface area contributed by atoms with Gasteiger partial charge in [-0.1, -0.05) is 18.6 Å². The molecule has 39 heavy (non-hydrogen) atoms. The smallest absolute Gasteiger partial charge is 0.335 e. The Morgan fingerprint density at radius 3 is 2.51 bits per heavy atom. The first kappa shape index (κ1) is 26.5. The highest BCUT2D eigenvalue weighted by molar-refractivity contribution is 6.05. The van der Waals surface area contributed by atoms with Crippen molar-refractivity contribution in [3.8, 4) is 16.8 Å². The lowest BCUT2D eigenvalue weighted by atomic mass is 9.77.